The number of hydrogen-bond acceptors (Lipinski definition) is 8. The van der Waals surface area contributed by atoms with Gasteiger partial charge >= 0.3 is 11.9 Å². The molecule has 0 fully saturated rings. The summed E-state index contributed by atoms with van der Waals surface area (Å²) in [4.78, 5) is 37.6. The summed E-state index contributed by atoms with van der Waals surface area (Å²) in [5, 5.41) is 11.9. The number of aliphatic carboxylic acids is 1. The second kappa shape index (κ2) is 73.9. The molecule has 0 radical (unpaired) electrons. The number of unbranched alkanes of at least 4 members (excludes halogenated alkanes) is 20. The Morgan fingerprint density at radius 3 is 0.842 bits per heavy atom. The maximum absolute atomic E-state index is 13.0. The van der Waals surface area contributed by atoms with E-state index in [9.17, 15) is 19.5 Å². The molecule has 2 atom stereocenters. The molecule has 0 aromatic heterocycles. The van der Waals surface area contributed by atoms with E-state index < -0.39 is 24.3 Å². The van der Waals surface area contributed by atoms with Gasteiger partial charge in [0.05, 0.1) is 40.3 Å². The van der Waals surface area contributed by atoms with Crippen molar-refractivity contribution in [3.63, 3.8) is 0 Å². The van der Waals surface area contributed by atoms with Crippen molar-refractivity contribution in [2.75, 3.05) is 47.5 Å². The highest BCUT2D eigenvalue weighted by molar-refractivity contribution is 5.70. The summed E-state index contributed by atoms with van der Waals surface area (Å²) in [6, 6.07) is 0. The third-order valence-corrected chi connectivity index (χ3v) is 15.3. The van der Waals surface area contributed by atoms with Crippen LogP contribution in [0.2, 0.25) is 0 Å². The van der Waals surface area contributed by atoms with Crippen molar-refractivity contribution in [2.45, 2.75) is 283 Å². The molecule has 534 valence electrons. The lowest BCUT2D eigenvalue weighted by atomic mass is 10.0. The minimum absolute atomic E-state index is 0.136. The monoisotopic (exact) mass is 1310 g/mol. The SMILES string of the molecule is CC/C=C\C/C=C\C/C=C\C/C=C\C/C=C\C/C=C\C/C=C\C/C=C\C/C=C\CCCCCCCCCCCC(=O)OC(COC(=O)CCCCCCCCCCCCC/C=C\C/C=C\C/C=C\C/C=C\C/C=C\C/C=C\C/C=C\CC)COC(OCC[N+](C)(C)C)C(=O)[O-]. The molecule has 0 aromatic rings. The van der Waals surface area contributed by atoms with Gasteiger partial charge in [-0.2, -0.15) is 0 Å². The van der Waals surface area contributed by atoms with Crippen LogP contribution in [-0.4, -0.2) is 82.3 Å². The highest BCUT2D eigenvalue weighted by atomic mass is 16.7. The number of likely N-dealkylation sites (N-methyl/N-ethyl adjacent to an activating group) is 1. The first-order valence-electron chi connectivity index (χ1n) is 37.6. The van der Waals surface area contributed by atoms with E-state index in [-0.39, 0.29) is 38.6 Å². The Balaban J connectivity index is 4.18. The van der Waals surface area contributed by atoms with Gasteiger partial charge in [-0.05, 0) is 141 Å². The lowest BCUT2D eigenvalue weighted by molar-refractivity contribution is -0.870. The topological polar surface area (TPSA) is 111 Å². The predicted molar refractivity (Wildman–Crippen MR) is 407 cm³/mol. The third-order valence-electron chi connectivity index (χ3n) is 15.3. The van der Waals surface area contributed by atoms with Gasteiger partial charge in [0.2, 0.25) is 0 Å². The molecule has 0 saturated heterocycles. The maximum Gasteiger partial charge on any atom is 0.306 e. The minimum atomic E-state index is -1.64. The van der Waals surface area contributed by atoms with Gasteiger partial charge in [-0.1, -0.05) is 311 Å². The molecule has 0 bridgehead atoms. The number of carbonyl (C=O) groups excluding carboxylic acids is 3. The number of esters is 2. The van der Waals surface area contributed by atoms with Crippen LogP contribution in [0.4, 0.5) is 0 Å². The van der Waals surface area contributed by atoms with Crippen LogP contribution in [0.5, 0.6) is 0 Å². The number of rotatable bonds is 67. The van der Waals surface area contributed by atoms with E-state index in [0.29, 0.717) is 17.4 Å². The van der Waals surface area contributed by atoms with E-state index in [1.807, 2.05) is 21.1 Å². The summed E-state index contributed by atoms with van der Waals surface area (Å²) in [5.74, 6) is -2.31. The molecule has 2 unspecified atom stereocenters. The number of carbonyl (C=O) groups is 3. The van der Waals surface area contributed by atoms with Gasteiger partial charge < -0.3 is 33.3 Å². The summed E-state index contributed by atoms with van der Waals surface area (Å²) < 4.78 is 22.8. The fraction of sp³-hybridized carbons (Fsp3) is 0.593. The van der Waals surface area contributed by atoms with Gasteiger partial charge in [0.25, 0.3) is 0 Å². The number of carboxylic acid groups (broad SMARTS) is 1. The van der Waals surface area contributed by atoms with Crippen LogP contribution in [0.1, 0.15) is 271 Å². The fourth-order valence-electron chi connectivity index (χ4n) is 9.69. The molecular formula is C86H137NO8. The van der Waals surface area contributed by atoms with Crippen molar-refractivity contribution >= 4 is 17.9 Å². The van der Waals surface area contributed by atoms with Crippen LogP contribution in [0.15, 0.2) is 194 Å². The Labute approximate surface area is 582 Å². The van der Waals surface area contributed by atoms with Crippen LogP contribution < -0.4 is 5.11 Å². The van der Waals surface area contributed by atoms with Crippen molar-refractivity contribution in [3.05, 3.63) is 194 Å². The summed E-state index contributed by atoms with van der Waals surface area (Å²) >= 11 is 0. The molecule has 0 spiro atoms. The Morgan fingerprint density at radius 1 is 0.316 bits per heavy atom. The molecule has 9 heteroatoms. The maximum atomic E-state index is 13.0. The van der Waals surface area contributed by atoms with Crippen LogP contribution in [0.25, 0.3) is 0 Å². The molecule has 0 saturated carbocycles. The third kappa shape index (κ3) is 75.4. The average Bonchev–Trinajstić information content (AvgIpc) is 3.75. The first kappa shape index (κ1) is 89.1. The molecule has 0 amide bonds. The van der Waals surface area contributed by atoms with Crippen molar-refractivity contribution in [1.82, 2.24) is 0 Å². The van der Waals surface area contributed by atoms with Crippen LogP contribution >= 0.6 is 0 Å². The van der Waals surface area contributed by atoms with Gasteiger partial charge in [0.15, 0.2) is 12.4 Å². The molecular weight excluding hydrogens is 1170 g/mol. The van der Waals surface area contributed by atoms with Crippen LogP contribution in [0, 0.1) is 0 Å². The predicted octanol–water partition coefficient (Wildman–Crippen LogP) is 22.8. The Bertz CT molecular complexity index is 2270. The Hall–Kier alpha value is -5.87. The number of ether oxygens (including phenoxy) is 4. The molecule has 0 rings (SSSR count). The minimum Gasteiger partial charge on any atom is -0.545 e. The van der Waals surface area contributed by atoms with Crippen molar-refractivity contribution in [1.29, 1.82) is 0 Å². The summed E-state index contributed by atoms with van der Waals surface area (Å²) in [6.07, 6.45) is 111. The van der Waals surface area contributed by atoms with Crippen molar-refractivity contribution in [3.8, 4) is 0 Å². The van der Waals surface area contributed by atoms with E-state index in [4.69, 9.17) is 18.9 Å². The molecule has 9 nitrogen and oxygen atoms in total. The average molecular weight is 1310 g/mol. The zero-order chi connectivity index (χ0) is 69.0. The van der Waals surface area contributed by atoms with Gasteiger partial charge in [-0.3, -0.25) is 9.59 Å². The largest absolute Gasteiger partial charge is 0.545 e. The van der Waals surface area contributed by atoms with Crippen LogP contribution in [-0.2, 0) is 33.3 Å². The molecule has 0 aliphatic carbocycles. The zero-order valence-corrected chi connectivity index (χ0v) is 61.0. The number of quaternary nitrogens is 1. The molecule has 0 heterocycles. The smallest absolute Gasteiger partial charge is 0.306 e. The quantitative estimate of drug-likeness (QED) is 0.0195. The van der Waals surface area contributed by atoms with Gasteiger partial charge in [-0.25, -0.2) is 0 Å². The fourth-order valence-corrected chi connectivity index (χ4v) is 9.69. The first-order valence-corrected chi connectivity index (χ1v) is 37.6. The van der Waals surface area contributed by atoms with E-state index in [2.05, 4.69) is 208 Å². The zero-order valence-electron chi connectivity index (χ0n) is 61.0. The Kier molecular flexibility index (Phi) is 69.4. The molecule has 0 N–H and O–H groups in total. The number of nitrogens with zero attached hydrogens (tertiary/aromatic N) is 1. The first-order chi connectivity index (χ1) is 46.6. The van der Waals surface area contributed by atoms with E-state index in [1.54, 1.807) is 0 Å². The molecule has 0 aliphatic rings. The van der Waals surface area contributed by atoms with Gasteiger partial charge in [0.1, 0.15) is 13.2 Å². The lowest BCUT2D eigenvalue weighted by Gasteiger charge is -2.26. The van der Waals surface area contributed by atoms with Crippen molar-refractivity contribution < 1.29 is 42.9 Å². The second-order valence-electron chi connectivity index (χ2n) is 25.5. The number of carboxylic acids is 1. The lowest BCUT2D eigenvalue weighted by Crippen LogP contribution is -2.44. The van der Waals surface area contributed by atoms with Crippen LogP contribution in [0.3, 0.4) is 0 Å². The second-order valence-corrected chi connectivity index (χ2v) is 25.5. The van der Waals surface area contributed by atoms with E-state index in [0.717, 1.165) is 161 Å². The summed E-state index contributed by atoms with van der Waals surface area (Å²) in [5.41, 5.74) is 0. The standard InChI is InChI=1S/C86H137NO8/c1-6-8-10-12-14-16-18-20-22-24-26-28-30-32-34-36-38-40-41-42-43-45-47-49-51-53-55-57-59-61-63-65-67-69-71-73-75-77-84(89)95-82(81-94-86(85(90)91)92-79-78-87(3,4)5)80-93-83(88)76-74-72-70-68-66-64-62-60-58-56-54-52-50-48-46-44-39-37-35-33-31-29-27-25-23-21-19-17-15-13-11-9-7-2/h8-11,14-17,20-23,26-29,32-35,38-40,42-44,47-50,53,55,82,86H,6-7,12-13,18-19,24-25,30-31,36-37,41,45-46,51-52,54,56-81H2,1-5H3/b10-8-,11-9-,16-14-,17-15-,22-20-,23-21-,28-26-,29-27-,34-32-,35-33-,40-38-,43-42-,44-39-,49-47-,50-48-,55-53-. The van der Waals surface area contributed by atoms with Crippen molar-refractivity contribution in [2.24, 2.45) is 0 Å². The van der Waals surface area contributed by atoms with Gasteiger partial charge in [-0.15, -0.1) is 0 Å². The van der Waals surface area contributed by atoms with E-state index in [1.165, 1.54) is 77.0 Å². The molecule has 0 aromatic carbocycles. The number of allylic oxidation sites excluding steroid dienone is 32. The molecule has 0 aliphatic heterocycles. The molecule has 95 heavy (non-hydrogen) atoms. The number of hydrogen-bond donors (Lipinski definition) is 0. The highest BCUT2D eigenvalue weighted by Crippen LogP contribution is 2.16. The Morgan fingerprint density at radius 2 is 0.568 bits per heavy atom. The summed E-state index contributed by atoms with van der Waals surface area (Å²) in [7, 11) is 5.92. The normalized spacial score (nSPS) is 13.8. The highest BCUT2D eigenvalue weighted by Gasteiger charge is 2.22. The van der Waals surface area contributed by atoms with Gasteiger partial charge in [0, 0.05) is 12.8 Å². The van der Waals surface area contributed by atoms with E-state index >= 15 is 0 Å². The summed E-state index contributed by atoms with van der Waals surface area (Å²) in [6.45, 7) is 4.50.